The van der Waals surface area contributed by atoms with Crippen LogP contribution < -0.4 is 25.2 Å². The highest BCUT2D eigenvalue weighted by Crippen LogP contribution is 2.37. The summed E-state index contributed by atoms with van der Waals surface area (Å²) in [5, 5.41) is 16.2. The number of piperazine rings is 1. The topological polar surface area (TPSA) is 215 Å². The highest BCUT2D eigenvalue weighted by molar-refractivity contribution is 7.22. The Kier molecular flexibility index (Phi) is 13.8. The molecule has 4 aromatic carbocycles. The number of imide groups is 2. The first-order chi connectivity index (χ1) is 36.8. The molecule has 0 bridgehead atoms. The van der Waals surface area contributed by atoms with E-state index >= 15 is 4.39 Å². The lowest BCUT2D eigenvalue weighted by molar-refractivity contribution is -0.136. The Morgan fingerprint density at radius 3 is 2.33 bits per heavy atom. The second kappa shape index (κ2) is 20.9. The molecule has 5 aliphatic heterocycles. The van der Waals surface area contributed by atoms with Gasteiger partial charge >= 0.3 is 5.97 Å². The van der Waals surface area contributed by atoms with Crippen LogP contribution in [-0.4, -0.2) is 136 Å². The van der Waals surface area contributed by atoms with Gasteiger partial charge in [-0.05, 0) is 129 Å². The Balaban J connectivity index is 0.654. The van der Waals surface area contributed by atoms with Gasteiger partial charge in [0.2, 0.25) is 17.7 Å². The number of carboxylic acid groups (broad SMARTS) is 1. The fourth-order valence-corrected chi connectivity index (χ4v) is 12.0. The largest absolute Gasteiger partial charge is 0.493 e. The molecule has 390 valence electrons. The molecule has 0 aliphatic carbocycles. The fraction of sp³-hybridized carbons (Fsp3) is 0.339. The van der Waals surface area contributed by atoms with E-state index in [1.165, 1.54) is 17.4 Å². The number of carbonyl (C=O) groups is 7. The summed E-state index contributed by atoms with van der Waals surface area (Å²) in [6.07, 6.45) is 3.23. The van der Waals surface area contributed by atoms with E-state index in [-0.39, 0.29) is 53.7 Å². The highest BCUT2D eigenvalue weighted by Gasteiger charge is 2.45. The number of likely N-dealkylation sites (tertiary alicyclic amines) is 1. The number of nitrogens with zero attached hydrogens (tertiary/aromatic N) is 7. The number of aromatic carboxylic acids is 1. The van der Waals surface area contributed by atoms with E-state index in [0.29, 0.717) is 91.6 Å². The van der Waals surface area contributed by atoms with Crippen molar-refractivity contribution in [3.63, 3.8) is 0 Å². The summed E-state index contributed by atoms with van der Waals surface area (Å²) in [6, 6.07) is 23.9. The van der Waals surface area contributed by atoms with Gasteiger partial charge < -0.3 is 24.5 Å². The number of hydrogen-bond donors (Lipinski definition) is 3. The van der Waals surface area contributed by atoms with Crippen molar-refractivity contribution in [1.82, 2.24) is 30.0 Å². The summed E-state index contributed by atoms with van der Waals surface area (Å²) < 4.78 is 22.9. The number of para-hydroxylation sites is 1. The summed E-state index contributed by atoms with van der Waals surface area (Å²) in [5.41, 5.74) is 5.18. The van der Waals surface area contributed by atoms with E-state index in [0.717, 1.165) is 70.2 Å². The number of carbonyl (C=O) groups excluding carboxylic acids is 6. The molecule has 0 saturated carbocycles. The van der Waals surface area contributed by atoms with Gasteiger partial charge in [0.15, 0.2) is 10.8 Å². The van der Waals surface area contributed by atoms with Crippen molar-refractivity contribution in [2.75, 3.05) is 74.1 Å². The zero-order valence-corrected chi connectivity index (χ0v) is 42.5. The third-order valence-corrected chi connectivity index (χ3v) is 16.3. The van der Waals surface area contributed by atoms with E-state index in [1.807, 2.05) is 72.5 Å². The van der Waals surface area contributed by atoms with Crippen molar-refractivity contribution in [2.24, 2.45) is 5.92 Å². The number of nitrogens with one attached hydrogen (secondary N) is 2. The van der Waals surface area contributed by atoms with Crippen LogP contribution >= 0.6 is 11.3 Å². The molecule has 5 aliphatic rings. The van der Waals surface area contributed by atoms with Gasteiger partial charge in [0.1, 0.15) is 23.4 Å². The van der Waals surface area contributed by atoms with Crippen molar-refractivity contribution < 1.29 is 47.8 Å². The molecule has 3 saturated heterocycles. The van der Waals surface area contributed by atoms with Gasteiger partial charge in [-0.3, -0.25) is 49.2 Å². The number of hydrogen-bond acceptors (Lipinski definition) is 14. The van der Waals surface area contributed by atoms with Crippen molar-refractivity contribution >= 4 is 79.6 Å². The predicted octanol–water partition coefficient (Wildman–Crippen LogP) is 6.55. The zero-order valence-electron chi connectivity index (χ0n) is 41.7. The lowest BCUT2D eigenvalue weighted by Gasteiger charge is -2.38. The van der Waals surface area contributed by atoms with Crippen LogP contribution in [0.25, 0.3) is 21.3 Å². The molecule has 20 heteroatoms. The van der Waals surface area contributed by atoms with Crippen molar-refractivity contribution in [1.29, 1.82) is 0 Å². The normalized spacial score (nSPS) is 18.2. The van der Waals surface area contributed by atoms with Crippen molar-refractivity contribution in [3.8, 4) is 16.9 Å². The van der Waals surface area contributed by atoms with E-state index in [4.69, 9.17) is 9.72 Å². The molecular weight excluding hydrogens is 994 g/mol. The first-order valence-corrected chi connectivity index (χ1v) is 26.4. The Labute approximate surface area is 440 Å². The lowest BCUT2D eigenvalue weighted by atomic mass is 9.94. The van der Waals surface area contributed by atoms with Crippen molar-refractivity contribution in [3.05, 3.63) is 130 Å². The number of pyridine rings is 1. The number of aromatic nitrogens is 2. The third kappa shape index (κ3) is 9.85. The molecule has 76 heavy (non-hydrogen) atoms. The smallest absolute Gasteiger partial charge is 0.355 e. The Hall–Kier alpha value is -8.10. The number of rotatable bonds is 13. The predicted molar refractivity (Wildman–Crippen MR) is 281 cm³/mol. The number of halogens is 1. The molecule has 0 radical (unpaired) electrons. The molecule has 6 amide bonds. The zero-order chi connectivity index (χ0) is 52.8. The summed E-state index contributed by atoms with van der Waals surface area (Å²) in [5.74, 6) is -3.26. The maximum atomic E-state index is 15.5. The molecule has 3 N–H and O–H groups in total. The minimum atomic E-state index is -1.15. The van der Waals surface area contributed by atoms with Gasteiger partial charge in [-0.15, -0.1) is 0 Å². The monoisotopic (exact) mass is 1050 g/mol. The van der Waals surface area contributed by atoms with Gasteiger partial charge in [-0.1, -0.05) is 47.7 Å². The number of amides is 6. The fourth-order valence-electron chi connectivity index (χ4n) is 11.1. The SMILES string of the molecule is Cc1c(OCCC2CCN(CC(=O)N3CCN(c4cc5c(cc4F)C(=O)N(C4CCC(=O)NC4=O)C5=O)CC3)CC2)cccc1-c1ccc(N2CCc3cccc(C(=O)Nc4nc5ccccc5s4)c3C2)nc1C(=O)O. The second-order valence-electron chi connectivity index (χ2n) is 19.9. The Morgan fingerprint density at radius 2 is 1.57 bits per heavy atom. The molecule has 11 rings (SSSR count). The molecule has 1 unspecified atom stereocenters. The van der Waals surface area contributed by atoms with E-state index < -0.39 is 41.5 Å². The summed E-state index contributed by atoms with van der Waals surface area (Å²) in [4.78, 5) is 108. The number of ether oxygens (including phenoxy) is 1. The molecule has 2 aromatic heterocycles. The van der Waals surface area contributed by atoms with Crippen LogP contribution in [0.4, 0.5) is 21.0 Å². The highest BCUT2D eigenvalue weighted by atomic mass is 32.1. The lowest BCUT2D eigenvalue weighted by Crippen LogP contribution is -2.54. The summed E-state index contributed by atoms with van der Waals surface area (Å²) in [7, 11) is 0. The molecular formula is C56H54FN9O9S. The number of piperidine rings is 2. The Bertz CT molecular complexity index is 3340. The Morgan fingerprint density at radius 1 is 0.803 bits per heavy atom. The molecule has 0 spiro atoms. The number of fused-ring (bicyclic) bond motifs is 3. The quantitative estimate of drug-likeness (QED) is 0.105. The number of anilines is 3. The number of benzene rings is 4. The third-order valence-electron chi connectivity index (χ3n) is 15.3. The van der Waals surface area contributed by atoms with Crippen LogP contribution in [-0.2, 0) is 27.3 Å². The molecule has 7 heterocycles. The molecule has 3 fully saturated rings. The summed E-state index contributed by atoms with van der Waals surface area (Å²) in [6.45, 7) is 6.46. The maximum absolute atomic E-state index is 15.5. The minimum Gasteiger partial charge on any atom is -0.493 e. The minimum absolute atomic E-state index is 0.000501. The van der Waals surface area contributed by atoms with Crippen LogP contribution in [0.5, 0.6) is 5.75 Å². The van der Waals surface area contributed by atoms with Crippen molar-refractivity contribution in [2.45, 2.75) is 58.0 Å². The average molecular weight is 1050 g/mol. The van der Waals surface area contributed by atoms with Gasteiger partial charge in [0.25, 0.3) is 17.7 Å². The van der Waals surface area contributed by atoms with Gasteiger partial charge in [-0.25, -0.2) is 19.2 Å². The standard InChI is InChI=1S/C56H54FN9O9S/c1-32-35(36-12-14-47(59-50(36)55(73)74)65-22-18-34-6-4-8-37(40(34)30-65)51(69)61-56-58-42-9-2-3-11-46(42)76-56)7-5-10-45(32)75-27-19-33-16-20-62(21-17-33)31-49(68)64-25-23-63(24-26-64)44-29-39-38(28-41(44)57)53(71)66(54(39)72)43-13-15-48(67)60-52(43)70/h2-12,14,28-29,33,43H,13,15-27,30-31H2,1H3,(H,73,74)(H,58,61,69)(H,60,67,70). The van der Waals surface area contributed by atoms with Gasteiger partial charge in [0.05, 0.1) is 40.2 Å². The molecule has 18 nitrogen and oxygen atoms in total. The first-order valence-electron chi connectivity index (χ1n) is 25.6. The number of thiazole rings is 1. The summed E-state index contributed by atoms with van der Waals surface area (Å²) >= 11 is 1.41. The van der Waals surface area contributed by atoms with Crippen LogP contribution in [0.3, 0.4) is 0 Å². The van der Waals surface area contributed by atoms with Crippen LogP contribution in [0.1, 0.15) is 90.4 Å². The van der Waals surface area contributed by atoms with E-state index in [2.05, 4.69) is 20.5 Å². The van der Waals surface area contributed by atoms with Gasteiger partial charge in [0, 0.05) is 56.8 Å². The molecule has 6 aromatic rings. The average Bonchev–Trinajstić information content (AvgIpc) is 3.95. The van der Waals surface area contributed by atoms with E-state index in [1.54, 1.807) is 21.9 Å². The maximum Gasteiger partial charge on any atom is 0.355 e. The van der Waals surface area contributed by atoms with Gasteiger partial charge in [-0.2, -0.15) is 0 Å². The first kappa shape index (κ1) is 50.1. The van der Waals surface area contributed by atoms with Crippen LogP contribution in [0, 0.1) is 18.7 Å². The second-order valence-corrected chi connectivity index (χ2v) is 20.9. The number of carboxylic acids is 1. The van der Waals surface area contributed by atoms with Crippen LogP contribution in [0.2, 0.25) is 0 Å². The van der Waals surface area contributed by atoms with E-state index in [9.17, 15) is 38.7 Å². The molecule has 1 atom stereocenters. The van der Waals surface area contributed by atoms with Crippen LogP contribution in [0.15, 0.2) is 84.9 Å².